The Morgan fingerprint density at radius 1 is 1.22 bits per heavy atom. The number of anilines is 1. The Morgan fingerprint density at radius 2 is 1.81 bits per heavy atom. The van der Waals surface area contributed by atoms with Crippen molar-refractivity contribution in [3.63, 3.8) is 0 Å². The molecular weight excluding hydrogens is 362 g/mol. The lowest BCUT2D eigenvalue weighted by molar-refractivity contribution is -0.140. The summed E-state index contributed by atoms with van der Waals surface area (Å²) in [6.07, 6.45) is -4.11. The fraction of sp³-hybridized carbons (Fsp3) is 0.474. The summed E-state index contributed by atoms with van der Waals surface area (Å²) in [6, 6.07) is 6.66. The highest BCUT2D eigenvalue weighted by Gasteiger charge is 2.40. The number of carbonyl (C=O) groups excluding carboxylic acids is 1. The minimum Gasteiger partial charge on any atom is -0.316 e. The molecule has 0 spiro atoms. The number of aromatic nitrogens is 2. The minimum absolute atomic E-state index is 0.00190. The second-order valence-electron chi connectivity index (χ2n) is 7.84. The smallest absolute Gasteiger partial charge is 0.316 e. The van der Waals surface area contributed by atoms with Crippen molar-refractivity contribution in [2.24, 2.45) is 12.5 Å². The van der Waals surface area contributed by atoms with E-state index in [1.165, 1.54) is 6.07 Å². The number of hydrogen-bond donors (Lipinski definition) is 1. The maximum absolute atomic E-state index is 14.1. The lowest BCUT2D eigenvalue weighted by Gasteiger charge is -2.25. The third-order valence-corrected chi connectivity index (χ3v) is 4.14. The van der Waals surface area contributed by atoms with Gasteiger partial charge in [-0.15, -0.1) is 0 Å². The summed E-state index contributed by atoms with van der Waals surface area (Å²) in [5.41, 5.74) is -1.51. The standard InChI is InChI=1S/C19H23F4N3O/c1-11(10-18(2,3)4)12-8-6-7-9-13(12)17(27)24-14-15(19(21,22)23)25-26(5)16(14)20/h6-9,11H,10H2,1-5H3,(H,24,27). The van der Waals surface area contributed by atoms with Crippen molar-refractivity contribution in [2.75, 3.05) is 5.32 Å². The first-order valence-corrected chi connectivity index (χ1v) is 8.51. The first kappa shape index (κ1) is 20.9. The number of alkyl halides is 3. The Kier molecular flexibility index (Phi) is 5.68. The van der Waals surface area contributed by atoms with E-state index < -0.39 is 29.4 Å². The maximum atomic E-state index is 14.1. The molecule has 0 fully saturated rings. The maximum Gasteiger partial charge on any atom is 0.437 e. The molecule has 1 heterocycles. The van der Waals surface area contributed by atoms with Crippen LogP contribution in [0.3, 0.4) is 0 Å². The van der Waals surface area contributed by atoms with Crippen LogP contribution in [0, 0.1) is 11.4 Å². The van der Waals surface area contributed by atoms with E-state index in [4.69, 9.17) is 0 Å². The van der Waals surface area contributed by atoms with Crippen molar-refractivity contribution in [3.05, 3.63) is 47.0 Å². The Hall–Kier alpha value is -2.38. The predicted octanol–water partition coefficient (Wildman–Crippen LogP) is 5.37. The normalized spacial score (nSPS) is 13.5. The molecule has 0 aliphatic rings. The molecule has 0 aliphatic carbocycles. The van der Waals surface area contributed by atoms with Gasteiger partial charge in [0.25, 0.3) is 5.91 Å². The SMILES string of the molecule is CC(CC(C)(C)C)c1ccccc1C(=O)Nc1c(C(F)(F)F)nn(C)c1F. The van der Waals surface area contributed by atoms with Crippen molar-refractivity contribution in [1.29, 1.82) is 0 Å². The summed E-state index contributed by atoms with van der Waals surface area (Å²) < 4.78 is 53.8. The van der Waals surface area contributed by atoms with Crippen LogP contribution in [0.2, 0.25) is 0 Å². The van der Waals surface area contributed by atoms with Gasteiger partial charge in [0, 0.05) is 12.6 Å². The summed E-state index contributed by atoms with van der Waals surface area (Å²) in [5, 5.41) is 5.20. The van der Waals surface area contributed by atoms with Crippen LogP contribution in [0.4, 0.5) is 23.2 Å². The lowest BCUT2D eigenvalue weighted by atomic mass is 9.81. The van der Waals surface area contributed by atoms with E-state index in [-0.39, 0.29) is 16.9 Å². The highest BCUT2D eigenvalue weighted by atomic mass is 19.4. The van der Waals surface area contributed by atoms with E-state index in [0.717, 1.165) is 13.5 Å². The van der Waals surface area contributed by atoms with Crippen molar-refractivity contribution in [3.8, 4) is 0 Å². The van der Waals surface area contributed by atoms with E-state index in [1.807, 2.05) is 6.92 Å². The second-order valence-corrected chi connectivity index (χ2v) is 7.84. The Balaban J connectivity index is 2.39. The summed E-state index contributed by atoms with van der Waals surface area (Å²) in [4.78, 5) is 12.7. The van der Waals surface area contributed by atoms with Crippen LogP contribution in [0.1, 0.15) is 61.6 Å². The molecule has 0 aliphatic heterocycles. The van der Waals surface area contributed by atoms with E-state index in [9.17, 15) is 22.4 Å². The van der Waals surface area contributed by atoms with Crippen molar-refractivity contribution in [2.45, 2.75) is 46.2 Å². The molecule has 8 heteroatoms. The number of aryl methyl sites for hydroxylation is 1. The fourth-order valence-electron chi connectivity index (χ4n) is 3.16. The first-order valence-electron chi connectivity index (χ1n) is 8.51. The number of nitrogens with one attached hydrogen (secondary N) is 1. The van der Waals surface area contributed by atoms with Crippen LogP contribution >= 0.6 is 0 Å². The zero-order valence-electron chi connectivity index (χ0n) is 15.9. The highest BCUT2D eigenvalue weighted by Crippen LogP contribution is 2.36. The molecule has 2 aromatic rings. The van der Waals surface area contributed by atoms with Crippen LogP contribution in [-0.2, 0) is 13.2 Å². The van der Waals surface area contributed by atoms with Gasteiger partial charge in [-0.2, -0.15) is 22.7 Å². The number of rotatable bonds is 4. The first-order chi connectivity index (χ1) is 12.3. The number of carbonyl (C=O) groups is 1. The van der Waals surface area contributed by atoms with Crippen molar-refractivity contribution < 1.29 is 22.4 Å². The topological polar surface area (TPSA) is 46.9 Å². The highest BCUT2D eigenvalue weighted by molar-refractivity contribution is 6.05. The van der Waals surface area contributed by atoms with Gasteiger partial charge < -0.3 is 5.32 Å². The van der Waals surface area contributed by atoms with Gasteiger partial charge in [0.1, 0.15) is 5.69 Å². The van der Waals surface area contributed by atoms with E-state index in [2.05, 4.69) is 31.2 Å². The van der Waals surface area contributed by atoms with Crippen LogP contribution in [0.15, 0.2) is 24.3 Å². The van der Waals surface area contributed by atoms with E-state index >= 15 is 0 Å². The monoisotopic (exact) mass is 385 g/mol. The largest absolute Gasteiger partial charge is 0.437 e. The molecule has 4 nitrogen and oxygen atoms in total. The molecule has 0 radical (unpaired) electrons. The van der Waals surface area contributed by atoms with Crippen LogP contribution in [0.25, 0.3) is 0 Å². The third kappa shape index (κ3) is 4.87. The van der Waals surface area contributed by atoms with Gasteiger partial charge in [0.2, 0.25) is 5.95 Å². The molecule has 148 valence electrons. The van der Waals surface area contributed by atoms with Gasteiger partial charge in [0.05, 0.1) is 0 Å². The number of halogens is 4. The average molecular weight is 385 g/mol. The summed E-state index contributed by atoms with van der Waals surface area (Å²) in [6.45, 7) is 8.13. The van der Waals surface area contributed by atoms with Crippen LogP contribution < -0.4 is 5.32 Å². The van der Waals surface area contributed by atoms with Gasteiger partial charge in [-0.25, -0.2) is 4.68 Å². The molecule has 0 saturated carbocycles. The lowest BCUT2D eigenvalue weighted by Crippen LogP contribution is -2.19. The molecular formula is C19H23F4N3O. The Morgan fingerprint density at radius 3 is 2.37 bits per heavy atom. The van der Waals surface area contributed by atoms with Crippen LogP contribution in [-0.4, -0.2) is 15.7 Å². The number of hydrogen-bond acceptors (Lipinski definition) is 2. The second kappa shape index (κ2) is 7.32. The molecule has 1 amide bonds. The van der Waals surface area contributed by atoms with E-state index in [1.54, 1.807) is 18.2 Å². The molecule has 1 aromatic heterocycles. The van der Waals surface area contributed by atoms with Gasteiger partial charge in [-0.05, 0) is 29.4 Å². The molecule has 1 atom stereocenters. The molecule has 27 heavy (non-hydrogen) atoms. The summed E-state index contributed by atoms with van der Waals surface area (Å²) in [7, 11) is 1.04. The number of nitrogens with zero attached hydrogens (tertiary/aromatic N) is 2. The number of benzene rings is 1. The Bertz CT molecular complexity index is 834. The molecule has 1 N–H and O–H groups in total. The van der Waals surface area contributed by atoms with Gasteiger partial charge in [-0.1, -0.05) is 45.9 Å². The van der Waals surface area contributed by atoms with E-state index in [0.29, 0.717) is 10.2 Å². The zero-order chi connectivity index (χ0) is 20.6. The molecule has 1 unspecified atom stereocenters. The van der Waals surface area contributed by atoms with Gasteiger partial charge in [0.15, 0.2) is 5.69 Å². The van der Waals surface area contributed by atoms with Crippen molar-refractivity contribution in [1.82, 2.24) is 9.78 Å². The fourth-order valence-corrected chi connectivity index (χ4v) is 3.16. The van der Waals surface area contributed by atoms with Crippen molar-refractivity contribution >= 4 is 11.6 Å². The molecule has 0 bridgehead atoms. The predicted molar refractivity (Wildman–Crippen MR) is 95.1 cm³/mol. The summed E-state index contributed by atoms with van der Waals surface area (Å²) in [5.74, 6) is -2.06. The average Bonchev–Trinajstić information content (AvgIpc) is 2.81. The third-order valence-electron chi connectivity index (χ3n) is 4.14. The summed E-state index contributed by atoms with van der Waals surface area (Å²) >= 11 is 0. The Labute approximate surface area is 155 Å². The number of amides is 1. The van der Waals surface area contributed by atoms with Gasteiger partial charge >= 0.3 is 6.18 Å². The molecule has 1 aromatic carbocycles. The molecule has 2 rings (SSSR count). The zero-order valence-corrected chi connectivity index (χ0v) is 15.9. The van der Waals surface area contributed by atoms with Crippen LogP contribution in [0.5, 0.6) is 0 Å². The van der Waals surface area contributed by atoms with Gasteiger partial charge in [-0.3, -0.25) is 4.79 Å². The quantitative estimate of drug-likeness (QED) is 0.719. The molecule has 0 saturated heterocycles. The minimum atomic E-state index is -4.89.